The highest BCUT2D eigenvalue weighted by atomic mass is 32.2. The first-order valence-electron chi connectivity index (χ1n) is 5.68. The maximum absolute atomic E-state index is 13.6. The van der Waals surface area contributed by atoms with Crippen LogP contribution in [0.15, 0.2) is 32.8 Å². The van der Waals surface area contributed by atoms with Gasteiger partial charge in [-0.1, -0.05) is 0 Å². The first kappa shape index (κ1) is 16.3. The summed E-state index contributed by atoms with van der Waals surface area (Å²) in [5, 5.41) is 0. The Bertz CT molecular complexity index is 789. The van der Waals surface area contributed by atoms with Crippen molar-refractivity contribution >= 4 is 11.8 Å². The maximum Gasteiger partial charge on any atom is 0.416 e. The van der Waals surface area contributed by atoms with Gasteiger partial charge in [0.2, 0.25) is 0 Å². The van der Waals surface area contributed by atoms with Crippen molar-refractivity contribution in [3.05, 3.63) is 61.9 Å². The van der Waals surface area contributed by atoms with Gasteiger partial charge >= 0.3 is 17.3 Å². The van der Waals surface area contributed by atoms with Gasteiger partial charge in [0.15, 0.2) is 0 Å². The zero-order valence-electron chi connectivity index (χ0n) is 10.6. The van der Waals surface area contributed by atoms with Crippen molar-refractivity contribution in [3.63, 3.8) is 0 Å². The summed E-state index contributed by atoms with van der Waals surface area (Å²) >= 11 is 0.551. The van der Waals surface area contributed by atoms with Crippen LogP contribution in [0, 0.1) is 11.6 Å². The average Bonchev–Trinajstić information content (AvgIpc) is 2.40. The molecule has 0 fully saturated rings. The predicted octanol–water partition coefficient (Wildman–Crippen LogP) is 2.65. The smallest absolute Gasteiger partial charge is 0.323 e. The molecule has 0 spiro atoms. The minimum absolute atomic E-state index is 0.148. The second-order valence-corrected chi connectivity index (χ2v) is 5.14. The van der Waals surface area contributed by atoms with E-state index in [9.17, 15) is 31.5 Å². The first-order valence-corrected chi connectivity index (χ1v) is 6.67. The van der Waals surface area contributed by atoms with E-state index in [0.29, 0.717) is 11.8 Å². The fourth-order valence-electron chi connectivity index (χ4n) is 1.55. The second kappa shape index (κ2) is 5.95. The molecule has 10 heteroatoms. The Morgan fingerprint density at radius 1 is 1.05 bits per heavy atom. The molecule has 22 heavy (non-hydrogen) atoms. The Balaban J connectivity index is 2.25. The number of nitrogens with one attached hydrogen (secondary N) is 2. The molecule has 4 nitrogen and oxygen atoms in total. The summed E-state index contributed by atoms with van der Waals surface area (Å²) in [6, 6.07) is 0.391. The molecule has 0 saturated heterocycles. The van der Waals surface area contributed by atoms with Crippen molar-refractivity contribution < 1.29 is 22.0 Å². The normalized spacial score (nSPS) is 11.7. The number of aromatic nitrogens is 2. The minimum Gasteiger partial charge on any atom is -0.323 e. The van der Waals surface area contributed by atoms with E-state index >= 15 is 0 Å². The van der Waals surface area contributed by atoms with Gasteiger partial charge in [-0.25, -0.2) is 8.78 Å². The van der Waals surface area contributed by atoms with Gasteiger partial charge in [0.05, 0.1) is 10.5 Å². The highest BCUT2D eigenvalue weighted by Crippen LogP contribution is 2.35. The lowest BCUT2D eigenvalue weighted by molar-refractivity contribution is -0.138. The largest absolute Gasteiger partial charge is 0.416 e. The summed E-state index contributed by atoms with van der Waals surface area (Å²) in [5.74, 6) is -2.86. The summed E-state index contributed by atoms with van der Waals surface area (Å²) in [6.07, 6.45) is -3.72. The first-order chi connectivity index (χ1) is 10.2. The van der Waals surface area contributed by atoms with E-state index in [-0.39, 0.29) is 23.6 Å². The van der Waals surface area contributed by atoms with Crippen LogP contribution in [0.4, 0.5) is 22.0 Å². The minimum atomic E-state index is -4.85. The second-order valence-electron chi connectivity index (χ2n) is 4.15. The third kappa shape index (κ3) is 3.56. The van der Waals surface area contributed by atoms with E-state index in [1.807, 2.05) is 0 Å². The Hall–Kier alpha value is -2.10. The van der Waals surface area contributed by atoms with Crippen LogP contribution in [-0.2, 0) is 11.9 Å². The third-order valence-corrected chi connectivity index (χ3v) is 3.69. The monoisotopic (exact) mass is 338 g/mol. The van der Waals surface area contributed by atoms with Crippen LogP contribution in [-0.4, -0.2) is 9.97 Å². The Labute approximate surface area is 123 Å². The third-order valence-electron chi connectivity index (χ3n) is 2.56. The van der Waals surface area contributed by atoms with Crippen LogP contribution >= 0.6 is 11.8 Å². The van der Waals surface area contributed by atoms with Gasteiger partial charge in [-0.2, -0.15) is 13.2 Å². The van der Waals surface area contributed by atoms with E-state index < -0.39 is 39.4 Å². The average molecular weight is 338 g/mol. The van der Waals surface area contributed by atoms with Crippen LogP contribution < -0.4 is 11.1 Å². The van der Waals surface area contributed by atoms with Crippen molar-refractivity contribution in [1.29, 1.82) is 0 Å². The summed E-state index contributed by atoms with van der Waals surface area (Å²) in [5.41, 5.74) is -3.09. The molecule has 1 aromatic heterocycles. The number of hydrogen-bond acceptors (Lipinski definition) is 3. The number of halogens is 5. The quantitative estimate of drug-likeness (QED) is 0.514. The number of rotatable bonds is 3. The fourth-order valence-corrected chi connectivity index (χ4v) is 2.39. The highest BCUT2D eigenvalue weighted by molar-refractivity contribution is 7.98. The van der Waals surface area contributed by atoms with E-state index in [2.05, 4.69) is 9.97 Å². The van der Waals surface area contributed by atoms with E-state index in [1.165, 1.54) is 0 Å². The van der Waals surface area contributed by atoms with E-state index in [4.69, 9.17) is 0 Å². The Morgan fingerprint density at radius 2 is 1.64 bits per heavy atom. The lowest BCUT2D eigenvalue weighted by Crippen LogP contribution is -2.29. The summed E-state index contributed by atoms with van der Waals surface area (Å²) in [6.45, 7) is 0. The van der Waals surface area contributed by atoms with Gasteiger partial charge < -0.3 is 9.97 Å². The molecule has 2 N–H and O–H groups in total. The highest BCUT2D eigenvalue weighted by Gasteiger charge is 2.32. The molecule has 0 aliphatic carbocycles. The lowest BCUT2D eigenvalue weighted by atomic mass is 10.2. The van der Waals surface area contributed by atoms with Crippen molar-refractivity contribution in [3.8, 4) is 0 Å². The molecule has 0 aliphatic heterocycles. The van der Waals surface area contributed by atoms with Gasteiger partial charge in [-0.3, -0.25) is 9.59 Å². The number of benzene rings is 1. The zero-order valence-corrected chi connectivity index (χ0v) is 11.4. The topological polar surface area (TPSA) is 65.7 Å². The van der Waals surface area contributed by atoms with Crippen LogP contribution in [0.2, 0.25) is 0 Å². The van der Waals surface area contributed by atoms with Gasteiger partial charge in [0.25, 0.3) is 0 Å². The SMILES string of the molecule is O=c1[nH]cc(CSc2c(F)cc(C(F)(F)F)cc2F)[nH]c1=O. The van der Waals surface area contributed by atoms with Gasteiger partial charge in [-0.15, -0.1) is 11.8 Å². The number of thioether (sulfide) groups is 1. The summed E-state index contributed by atoms with van der Waals surface area (Å²) in [4.78, 5) is 25.6. The molecule has 0 bridgehead atoms. The maximum atomic E-state index is 13.6. The van der Waals surface area contributed by atoms with Crippen LogP contribution in [0.5, 0.6) is 0 Å². The standard InChI is InChI=1S/C12H7F5N2O2S/c13-7-1-5(12(15,16)17)2-8(14)9(7)22-4-6-3-18-10(20)11(21)19-6/h1-3H,4H2,(H,18,20)(H,19,21). The number of aromatic amines is 2. The van der Waals surface area contributed by atoms with Crippen molar-refractivity contribution in [2.75, 3.05) is 0 Å². The molecular formula is C12H7F5N2O2S. The molecule has 118 valence electrons. The molecule has 0 saturated carbocycles. The molecule has 0 radical (unpaired) electrons. The lowest BCUT2D eigenvalue weighted by Gasteiger charge is -2.10. The van der Waals surface area contributed by atoms with Crippen LogP contribution in [0.25, 0.3) is 0 Å². The molecule has 0 atom stereocenters. The van der Waals surface area contributed by atoms with Crippen molar-refractivity contribution in [1.82, 2.24) is 9.97 Å². The number of alkyl halides is 3. The number of H-pyrrole nitrogens is 2. The Morgan fingerprint density at radius 3 is 2.14 bits per heavy atom. The van der Waals surface area contributed by atoms with E-state index in [0.717, 1.165) is 6.20 Å². The Kier molecular flexibility index (Phi) is 4.40. The summed E-state index contributed by atoms with van der Waals surface area (Å²) < 4.78 is 64.4. The van der Waals surface area contributed by atoms with Crippen molar-refractivity contribution in [2.45, 2.75) is 16.8 Å². The molecular weight excluding hydrogens is 331 g/mol. The fraction of sp³-hybridized carbons (Fsp3) is 0.167. The van der Waals surface area contributed by atoms with Crippen LogP contribution in [0.3, 0.4) is 0 Å². The predicted molar refractivity (Wildman–Crippen MR) is 68.6 cm³/mol. The van der Waals surface area contributed by atoms with Crippen LogP contribution in [0.1, 0.15) is 11.3 Å². The molecule has 0 unspecified atom stereocenters. The molecule has 0 amide bonds. The van der Waals surface area contributed by atoms with Gasteiger partial charge in [-0.05, 0) is 12.1 Å². The number of hydrogen-bond donors (Lipinski definition) is 2. The zero-order chi connectivity index (χ0) is 16.5. The van der Waals surface area contributed by atoms with E-state index in [1.54, 1.807) is 0 Å². The van der Waals surface area contributed by atoms with Gasteiger partial charge in [0.1, 0.15) is 11.6 Å². The molecule has 1 aromatic carbocycles. The molecule has 2 aromatic rings. The molecule has 2 rings (SSSR count). The molecule has 1 heterocycles. The van der Waals surface area contributed by atoms with Gasteiger partial charge in [0, 0.05) is 17.6 Å². The summed E-state index contributed by atoms with van der Waals surface area (Å²) in [7, 11) is 0. The molecule has 0 aliphatic rings. The van der Waals surface area contributed by atoms with Crippen molar-refractivity contribution in [2.24, 2.45) is 0 Å².